The molecule has 1 fully saturated rings. The zero-order chi connectivity index (χ0) is 11.4. The Morgan fingerprint density at radius 2 is 2.38 bits per heavy atom. The summed E-state index contributed by atoms with van der Waals surface area (Å²) >= 11 is 3.30. The zero-order valence-corrected chi connectivity index (χ0v) is 11.1. The van der Waals surface area contributed by atoms with Gasteiger partial charge in [0.25, 0.3) is 0 Å². The molecule has 90 valence electrons. The van der Waals surface area contributed by atoms with Gasteiger partial charge < -0.3 is 14.5 Å². The maximum Gasteiger partial charge on any atom is 0.169 e. The van der Waals surface area contributed by atoms with Crippen LogP contribution in [0.4, 0.5) is 0 Å². The van der Waals surface area contributed by atoms with Gasteiger partial charge in [0.15, 0.2) is 4.67 Å². The Kier molecular flexibility index (Phi) is 4.44. The van der Waals surface area contributed by atoms with E-state index in [0.717, 1.165) is 36.5 Å². The van der Waals surface area contributed by atoms with Crippen LogP contribution in [-0.2, 0) is 11.3 Å². The van der Waals surface area contributed by atoms with Gasteiger partial charge in [0.05, 0.1) is 12.6 Å². The van der Waals surface area contributed by atoms with Crippen molar-refractivity contribution in [3.05, 3.63) is 22.6 Å². The van der Waals surface area contributed by atoms with Crippen LogP contribution in [0.3, 0.4) is 0 Å². The molecule has 2 unspecified atom stereocenters. The van der Waals surface area contributed by atoms with Crippen LogP contribution in [0.15, 0.2) is 21.2 Å². The predicted octanol–water partition coefficient (Wildman–Crippen LogP) is 2.95. The van der Waals surface area contributed by atoms with E-state index in [0.29, 0.717) is 12.0 Å². The molecule has 0 amide bonds. The fourth-order valence-electron chi connectivity index (χ4n) is 2.20. The first kappa shape index (κ1) is 12.1. The summed E-state index contributed by atoms with van der Waals surface area (Å²) in [5.41, 5.74) is 0. The summed E-state index contributed by atoms with van der Waals surface area (Å²) in [6, 6.07) is 3.91. The minimum absolute atomic E-state index is 0.441. The van der Waals surface area contributed by atoms with E-state index < -0.39 is 0 Å². The van der Waals surface area contributed by atoms with Gasteiger partial charge >= 0.3 is 0 Å². The summed E-state index contributed by atoms with van der Waals surface area (Å²) in [6.45, 7) is 4.90. The first-order chi connectivity index (χ1) is 7.79. The molecular formula is C12H18BrNO2. The van der Waals surface area contributed by atoms with Gasteiger partial charge in [-0.25, -0.2) is 0 Å². The van der Waals surface area contributed by atoms with Gasteiger partial charge in [-0.1, -0.05) is 6.92 Å². The Morgan fingerprint density at radius 1 is 1.50 bits per heavy atom. The van der Waals surface area contributed by atoms with Gasteiger partial charge in [0.1, 0.15) is 5.76 Å². The molecular weight excluding hydrogens is 270 g/mol. The molecule has 0 bridgehead atoms. The van der Waals surface area contributed by atoms with Crippen LogP contribution in [-0.4, -0.2) is 19.3 Å². The normalized spacial score (nSPS) is 25.1. The van der Waals surface area contributed by atoms with Gasteiger partial charge in [0.2, 0.25) is 0 Å². The molecule has 1 N–H and O–H groups in total. The Hall–Kier alpha value is -0.320. The highest BCUT2D eigenvalue weighted by Crippen LogP contribution is 2.22. The van der Waals surface area contributed by atoms with Crippen molar-refractivity contribution in [2.24, 2.45) is 5.92 Å². The lowest BCUT2D eigenvalue weighted by atomic mass is 10.00. The third-order valence-electron chi connectivity index (χ3n) is 3.08. The number of furan rings is 1. The van der Waals surface area contributed by atoms with Crippen LogP contribution < -0.4 is 5.32 Å². The number of hydrogen-bond acceptors (Lipinski definition) is 3. The molecule has 3 nitrogen and oxygen atoms in total. The third kappa shape index (κ3) is 3.09. The van der Waals surface area contributed by atoms with Crippen molar-refractivity contribution in [1.82, 2.24) is 5.32 Å². The van der Waals surface area contributed by atoms with Gasteiger partial charge in [-0.05, 0) is 46.8 Å². The number of hydrogen-bond donors (Lipinski definition) is 1. The highest BCUT2D eigenvalue weighted by molar-refractivity contribution is 9.10. The van der Waals surface area contributed by atoms with Crippen LogP contribution in [0.5, 0.6) is 0 Å². The van der Waals surface area contributed by atoms with Crippen molar-refractivity contribution in [3.8, 4) is 0 Å². The van der Waals surface area contributed by atoms with Crippen molar-refractivity contribution >= 4 is 15.9 Å². The molecule has 2 rings (SSSR count). The number of ether oxygens (including phenoxy) is 1. The smallest absolute Gasteiger partial charge is 0.169 e. The molecule has 0 aromatic carbocycles. The van der Waals surface area contributed by atoms with Gasteiger partial charge in [0, 0.05) is 13.2 Å². The van der Waals surface area contributed by atoms with E-state index >= 15 is 0 Å². The highest BCUT2D eigenvalue weighted by Gasteiger charge is 2.25. The first-order valence-electron chi connectivity index (χ1n) is 5.86. The second-order valence-corrected chi connectivity index (χ2v) is 4.98. The molecule has 0 saturated carbocycles. The van der Waals surface area contributed by atoms with E-state index in [-0.39, 0.29) is 0 Å². The third-order valence-corrected chi connectivity index (χ3v) is 3.51. The summed E-state index contributed by atoms with van der Waals surface area (Å²) in [6.07, 6.45) is 2.72. The lowest BCUT2D eigenvalue weighted by molar-refractivity contribution is 0.0871. The van der Waals surface area contributed by atoms with E-state index in [1.165, 1.54) is 6.42 Å². The molecule has 1 aliphatic heterocycles. The SMILES string of the molecule is CCC1OCCC1CNCc1ccc(Br)o1. The maximum atomic E-state index is 5.65. The van der Waals surface area contributed by atoms with Crippen LogP contribution >= 0.6 is 15.9 Å². The molecule has 16 heavy (non-hydrogen) atoms. The lowest BCUT2D eigenvalue weighted by Crippen LogP contribution is -2.27. The standard InChI is InChI=1S/C12H18BrNO2/c1-2-11-9(5-6-15-11)7-14-8-10-3-4-12(13)16-10/h3-4,9,11,14H,2,5-8H2,1H3. The van der Waals surface area contributed by atoms with Crippen LogP contribution in [0.2, 0.25) is 0 Å². The van der Waals surface area contributed by atoms with E-state index in [1.54, 1.807) is 0 Å². The van der Waals surface area contributed by atoms with Gasteiger partial charge in [-0.3, -0.25) is 0 Å². The molecule has 0 aliphatic carbocycles. The maximum absolute atomic E-state index is 5.65. The Balaban J connectivity index is 1.71. The number of halogens is 1. The molecule has 2 atom stereocenters. The van der Waals surface area contributed by atoms with Crippen molar-refractivity contribution in [2.75, 3.05) is 13.2 Å². The minimum atomic E-state index is 0.441. The Morgan fingerprint density at radius 3 is 3.06 bits per heavy atom. The minimum Gasteiger partial charge on any atom is -0.453 e. The van der Waals surface area contributed by atoms with Crippen LogP contribution in [0.25, 0.3) is 0 Å². The molecule has 1 saturated heterocycles. The Labute approximate surface area is 105 Å². The monoisotopic (exact) mass is 287 g/mol. The summed E-state index contributed by atoms with van der Waals surface area (Å²) in [7, 11) is 0. The number of nitrogens with one attached hydrogen (secondary N) is 1. The molecule has 1 aromatic heterocycles. The fraction of sp³-hybridized carbons (Fsp3) is 0.667. The second-order valence-electron chi connectivity index (χ2n) is 4.20. The molecule has 0 radical (unpaired) electrons. The molecule has 4 heteroatoms. The number of rotatable bonds is 5. The molecule has 2 heterocycles. The Bertz CT molecular complexity index is 327. The molecule has 0 spiro atoms. The average Bonchev–Trinajstić information content (AvgIpc) is 2.87. The van der Waals surface area contributed by atoms with Gasteiger partial charge in [-0.15, -0.1) is 0 Å². The largest absolute Gasteiger partial charge is 0.453 e. The van der Waals surface area contributed by atoms with Crippen molar-refractivity contribution in [2.45, 2.75) is 32.4 Å². The lowest BCUT2D eigenvalue weighted by Gasteiger charge is -2.16. The first-order valence-corrected chi connectivity index (χ1v) is 6.65. The van der Waals surface area contributed by atoms with Crippen LogP contribution in [0, 0.1) is 5.92 Å². The van der Waals surface area contributed by atoms with E-state index in [2.05, 4.69) is 28.2 Å². The quantitative estimate of drug-likeness (QED) is 0.904. The van der Waals surface area contributed by atoms with Crippen molar-refractivity contribution < 1.29 is 9.15 Å². The summed E-state index contributed by atoms with van der Waals surface area (Å²) in [4.78, 5) is 0. The molecule has 1 aromatic rings. The summed E-state index contributed by atoms with van der Waals surface area (Å²) in [5, 5.41) is 3.43. The highest BCUT2D eigenvalue weighted by atomic mass is 79.9. The second kappa shape index (κ2) is 5.84. The van der Waals surface area contributed by atoms with Gasteiger partial charge in [-0.2, -0.15) is 0 Å². The van der Waals surface area contributed by atoms with E-state index in [4.69, 9.17) is 9.15 Å². The van der Waals surface area contributed by atoms with Crippen LogP contribution in [0.1, 0.15) is 25.5 Å². The van der Waals surface area contributed by atoms with Crippen molar-refractivity contribution in [1.29, 1.82) is 0 Å². The zero-order valence-electron chi connectivity index (χ0n) is 9.54. The fourth-order valence-corrected chi connectivity index (χ4v) is 2.55. The predicted molar refractivity (Wildman–Crippen MR) is 66.3 cm³/mol. The average molecular weight is 288 g/mol. The van der Waals surface area contributed by atoms with Crippen molar-refractivity contribution in [3.63, 3.8) is 0 Å². The molecule has 1 aliphatic rings. The summed E-state index contributed by atoms with van der Waals surface area (Å²) in [5.74, 6) is 1.63. The summed E-state index contributed by atoms with van der Waals surface area (Å²) < 4.78 is 11.9. The topological polar surface area (TPSA) is 34.4 Å². The van der Waals surface area contributed by atoms with E-state index in [9.17, 15) is 0 Å². The van der Waals surface area contributed by atoms with E-state index in [1.807, 2.05) is 12.1 Å².